The first-order valence-corrected chi connectivity index (χ1v) is 13.8. The number of ketones is 2. The van der Waals surface area contributed by atoms with Gasteiger partial charge < -0.3 is 19.7 Å². The number of aryl methyl sites for hydroxylation is 1. The van der Waals surface area contributed by atoms with Crippen LogP contribution in [0.1, 0.15) is 47.8 Å². The normalized spacial score (nSPS) is 24.0. The Bertz CT molecular complexity index is 1630. The van der Waals surface area contributed by atoms with Crippen molar-refractivity contribution in [2.45, 2.75) is 45.2 Å². The molecule has 7 nitrogen and oxygen atoms in total. The quantitative estimate of drug-likeness (QED) is 0.417. The number of ether oxygens (including phenoxy) is 2. The van der Waals surface area contributed by atoms with Crippen LogP contribution in [0, 0.1) is 18.3 Å². The largest absolute Gasteiger partial charge is 0.497 e. The van der Waals surface area contributed by atoms with Gasteiger partial charge in [0.1, 0.15) is 23.0 Å². The summed E-state index contributed by atoms with van der Waals surface area (Å²) in [6.07, 6.45) is 4.00. The number of anilines is 2. The summed E-state index contributed by atoms with van der Waals surface area (Å²) in [5.41, 5.74) is 2.33. The second-order valence-corrected chi connectivity index (χ2v) is 12.1. The Kier molecular flexibility index (Phi) is 6.10. The summed E-state index contributed by atoms with van der Waals surface area (Å²) in [5, 5.41) is 3.06. The minimum Gasteiger partial charge on any atom is -0.497 e. The molecule has 41 heavy (non-hydrogen) atoms. The smallest absolute Gasteiger partial charge is 0.238 e. The van der Waals surface area contributed by atoms with Crippen LogP contribution in [0.15, 0.2) is 66.7 Å². The number of amides is 1. The lowest BCUT2D eigenvalue weighted by molar-refractivity contribution is -0.128. The van der Waals surface area contributed by atoms with Crippen molar-refractivity contribution in [2.24, 2.45) is 11.3 Å². The summed E-state index contributed by atoms with van der Waals surface area (Å²) in [6.45, 7) is 7.61. The molecule has 3 aromatic carbocycles. The van der Waals surface area contributed by atoms with Gasteiger partial charge in [-0.25, -0.2) is 0 Å². The van der Waals surface area contributed by atoms with Crippen LogP contribution in [-0.2, 0) is 15.0 Å². The minimum atomic E-state index is -1.37. The summed E-state index contributed by atoms with van der Waals surface area (Å²) in [5.74, 6) is -0.963. The molecule has 0 saturated carbocycles. The highest BCUT2D eigenvalue weighted by molar-refractivity contribution is 6.17. The maximum Gasteiger partial charge on any atom is 0.238 e. The number of benzene rings is 3. The van der Waals surface area contributed by atoms with Crippen molar-refractivity contribution >= 4 is 34.9 Å². The van der Waals surface area contributed by atoms with Gasteiger partial charge in [0, 0.05) is 16.8 Å². The monoisotopic (exact) mass is 550 g/mol. The van der Waals surface area contributed by atoms with Gasteiger partial charge in [0.05, 0.1) is 31.7 Å². The number of nitrogens with one attached hydrogen (secondary N) is 1. The number of methoxy groups -OCH3 is 2. The van der Waals surface area contributed by atoms with Crippen molar-refractivity contribution in [3.8, 4) is 11.5 Å². The average molecular weight is 551 g/mol. The van der Waals surface area contributed by atoms with Gasteiger partial charge >= 0.3 is 0 Å². The van der Waals surface area contributed by atoms with Gasteiger partial charge in [0.25, 0.3) is 0 Å². The summed E-state index contributed by atoms with van der Waals surface area (Å²) in [4.78, 5) is 46.1. The molecule has 1 saturated heterocycles. The van der Waals surface area contributed by atoms with Crippen LogP contribution in [0.2, 0.25) is 0 Å². The molecular weight excluding hydrogens is 516 g/mol. The molecule has 0 aromatic heterocycles. The van der Waals surface area contributed by atoms with Crippen molar-refractivity contribution in [1.29, 1.82) is 0 Å². The Morgan fingerprint density at radius 3 is 2.44 bits per heavy atom. The summed E-state index contributed by atoms with van der Waals surface area (Å²) < 4.78 is 11.1. The highest BCUT2D eigenvalue weighted by Crippen LogP contribution is 2.58. The number of para-hydroxylation sites is 1. The Morgan fingerprint density at radius 1 is 0.976 bits per heavy atom. The Morgan fingerprint density at radius 2 is 1.73 bits per heavy atom. The lowest BCUT2D eigenvalue weighted by atomic mass is 9.63. The van der Waals surface area contributed by atoms with E-state index in [1.54, 1.807) is 18.2 Å². The van der Waals surface area contributed by atoms with Gasteiger partial charge in [-0.05, 0) is 54.4 Å². The molecule has 4 atom stereocenters. The van der Waals surface area contributed by atoms with Gasteiger partial charge in [-0.1, -0.05) is 62.8 Å². The summed E-state index contributed by atoms with van der Waals surface area (Å²) in [7, 11) is 3.03. The minimum absolute atomic E-state index is 0.112. The van der Waals surface area contributed by atoms with Crippen LogP contribution in [0.25, 0.3) is 6.08 Å². The zero-order valence-electron chi connectivity index (χ0n) is 24.1. The van der Waals surface area contributed by atoms with E-state index in [0.29, 0.717) is 22.7 Å². The molecule has 1 spiro atoms. The second kappa shape index (κ2) is 9.33. The van der Waals surface area contributed by atoms with Gasteiger partial charge in [-0.15, -0.1) is 0 Å². The fraction of sp³-hybridized carbons (Fsp3) is 0.324. The number of fused-ring (bicyclic) bond motifs is 6. The first-order valence-electron chi connectivity index (χ1n) is 13.8. The molecule has 6 rings (SSSR count). The van der Waals surface area contributed by atoms with Gasteiger partial charge in [0.2, 0.25) is 5.91 Å². The van der Waals surface area contributed by atoms with E-state index in [2.05, 4.69) is 11.4 Å². The zero-order valence-corrected chi connectivity index (χ0v) is 24.1. The summed E-state index contributed by atoms with van der Waals surface area (Å²) >= 11 is 0. The molecule has 1 amide bonds. The number of carbonyl (C=O) groups is 3. The van der Waals surface area contributed by atoms with E-state index in [1.807, 2.05) is 81.1 Å². The molecule has 0 radical (unpaired) electrons. The predicted molar refractivity (Wildman–Crippen MR) is 159 cm³/mol. The van der Waals surface area contributed by atoms with E-state index in [0.717, 1.165) is 16.8 Å². The van der Waals surface area contributed by atoms with Crippen molar-refractivity contribution in [1.82, 2.24) is 0 Å². The van der Waals surface area contributed by atoms with Crippen LogP contribution in [-0.4, -0.2) is 43.8 Å². The molecule has 0 aliphatic carbocycles. The van der Waals surface area contributed by atoms with E-state index >= 15 is 4.79 Å². The lowest BCUT2D eigenvalue weighted by Gasteiger charge is -2.38. The number of carbonyl (C=O) groups excluding carboxylic acids is 3. The maximum absolute atomic E-state index is 15.0. The van der Waals surface area contributed by atoms with Gasteiger partial charge in [-0.3, -0.25) is 14.4 Å². The van der Waals surface area contributed by atoms with Crippen molar-refractivity contribution < 1.29 is 23.9 Å². The van der Waals surface area contributed by atoms with Crippen LogP contribution < -0.4 is 19.7 Å². The van der Waals surface area contributed by atoms with E-state index in [9.17, 15) is 9.59 Å². The standard InChI is InChI=1S/C34H34N2O5/c1-19-11-14-25-20(17-19)12-16-27-34(23-9-7-8-10-24(23)35-32(34)39)28(29(36(25)27)31(38)33(2,3)4)30(37)22-18-21(40-5)13-15-26(22)41-6/h7-18,27-29H,1-6H3,(H,35,39)/t27-,28-,29+,34-/m0/s1. The molecule has 210 valence electrons. The molecule has 1 N–H and O–H groups in total. The molecule has 3 aliphatic rings. The highest BCUT2D eigenvalue weighted by Gasteiger charge is 2.71. The number of rotatable bonds is 5. The van der Waals surface area contributed by atoms with Crippen LogP contribution in [0.3, 0.4) is 0 Å². The highest BCUT2D eigenvalue weighted by atomic mass is 16.5. The molecule has 0 unspecified atom stereocenters. The molecule has 0 bridgehead atoms. The molecule has 3 heterocycles. The second-order valence-electron chi connectivity index (χ2n) is 12.1. The Hall–Kier alpha value is -4.39. The van der Waals surface area contributed by atoms with Crippen LogP contribution in [0.5, 0.6) is 11.5 Å². The third kappa shape index (κ3) is 3.75. The zero-order chi connectivity index (χ0) is 29.3. The number of hydrogen-bond donors (Lipinski definition) is 1. The number of hydrogen-bond acceptors (Lipinski definition) is 6. The topological polar surface area (TPSA) is 84.9 Å². The molecule has 3 aromatic rings. The van der Waals surface area contributed by atoms with Crippen molar-refractivity contribution in [3.05, 3.63) is 89.0 Å². The maximum atomic E-state index is 15.0. The SMILES string of the molecule is COc1ccc(OC)c(C(=O)[C@@H]2[C@H](C(=O)C(C)(C)C)N3c4ccc(C)cc4C=C[C@H]3[C@]23C(=O)Nc2ccccc23)c1. The first-order chi connectivity index (χ1) is 19.5. The number of Topliss-reactive ketones (excluding diaryl/α,β-unsaturated/α-hetero) is 2. The van der Waals surface area contributed by atoms with Gasteiger partial charge in [-0.2, -0.15) is 0 Å². The van der Waals surface area contributed by atoms with E-state index < -0.39 is 28.8 Å². The fourth-order valence-electron chi connectivity index (χ4n) is 6.92. The third-order valence-corrected chi connectivity index (χ3v) is 8.75. The number of nitrogens with zero attached hydrogens (tertiary/aromatic N) is 1. The predicted octanol–water partition coefficient (Wildman–Crippen LogP) is 5.60. The van der Waals surface area contributed by atoms with E-state index in [4.69, 9.17) is 9.47 Å². The Balaban J connectivity index is 1.70. The average Bonchev–Trinajstić information content (AvgIpc) is 3.43. The van der Waals surface area contributed by atoms with E-state index in [1.165, 1.54) is 14.2 Å². The third-order valence-electron chi connectivity index (χ3n) is 8.75. The molecule has 1 fully saturated rings. The van der Waals surface area contributed by atoms with Gasteiger partial charge in [0.15, 0.2) is 11.6 Å². The molecule has 7 heteroatoms. The molecular formula is C34H34N2O5. The van der Waals surface area contributed by atoms with Crippen molar-refractivity contribution in [2.75, 3.05) is 24.4 Å². The summed E-state index contributed by atoms with van der Waals surface area (Å²) in [6, 6.07) is 17.1. The first kappa shape index (κ1) is 26.8. The van der Waals surface area contributed by atoms with Crippen LogP contribution in [0.4, 0.5) is 11.4 Å². The van der Waals surface area contributed by atoms with Crippen LogP contribution >= 0.6 is 0 Å². The fourth-order valence-corrected chi connectivity index (χ4v) is 6.92. The Labute approximate surface area is 240 Å². The van der Waals surface area contributed by atoms with Crippen molar-refractivity contribution in [3.63, 3.8) is 0 Å². The van der Waals surface area contributed by atoms with E-state index in [-0.39, 0.29) is 23.0 Å². The lowest BCUT2D eigenvalue weighted by Crippen LogP contribution is -2.51. The molecule has 3 aliphatic heterocycles.